The van der Waals surface area contributed by atoms with Crippen molar-refractivity contribution < 1.29 is 14.3 Å². The molecule has 0 unspecified atom stereocenters. The zero-order valence-electron chi connectivity index (χ0n) is 13.2. The van der Waals surface area contributed by atoms with Gasteiger partial charge in [0.25, 0.3) is 5.91 Å². The van der Waals surface area contributed by atoms with Crippen LogP contribution in [0.4, 0.5) is 0 Å². The van der Waals surface area contributed by atoms with Gasteiger partial charge in [0.05, 0.1) is 7.11 Å². The van der Waals surface area contributed by atoms with E-state index in [4.69, 9.17) is 15.9 Å². The van der Waals surface area contributed by atoms with E-state index < -0.39 is 0 Å². The van der Waals surface area contributed by atoms with Crippen molar-refractivity contribution in [3.05, 3.63) is 53.9 Å². The van der Waals surface area contributed by atoms with Crippen LogP contribution in [-0.2, 0) is 6.54 Å². The quantitative estimate of drug-likeness (QED) is 0.769. The third kappa shape index (κ3) is 4.24. The van der Waals surface area contributed by atoms with E-state index in [1.165, 1.54) is 0 Å². The predicted molar refractivity (Wildman–Crippen MR) is 87.4 cm³/mol. The molecule has 1 aromatic heterocycles. The molecule has 1 aromatic carbocycles. The summed E-state index contributed by atoms with van der Waals surface area (Å²) in [6.45, 7) is 0.574. The second-order valence-electron chi connectivity index (χ2n) is 4.84. The summed E-state index contributed by atoms with van der Waals surface area (Å²) in [7, 11) is 3.26. The summed E-state index contributed by atoms with van der Waals surface area (Å²) in [5, 5.41) is 0. The summed E-state index contributed by atoms with van der Waals surface area (Å²) in [6, 6.07) is 10.8. The van der Waals surface area contributed by atoms with Gasteiger partial charge in [-0.3, -0.25) is 9.78 Å². The number of carbonyl (C=O) groups excluding carboxylic acids is 1. The first-order valence-electron chi connectivity index (χ1n) is 7.05. The first-order valence-corrected chi connectivity index (χ1v) is 7.05. The Bertz CT molecular complexity index is 722. The molecule has 0 atom stereocenters. The van der Waals surface area contributed by atoms with Crippen LogP contribution in [0, 0.1) is 12.3 Å². The molecule has 0 aliphatic carbocycles. The van der Waals surface area contributed by atoms with Crippen LogP contribution in [0.15, 0.2) is 42.6 Å². The first-order chi connectivity index (χ1) is 11.2. The lowest BCUT2D eigenvalue weighted by Gasteiger charge is -2.19. The van der Waals surface area contributed by atoms with E-state index in [-0.39, 0.29) is 12.5 Å². The lowest BCUT2D eigenvalue weighted by atomic mass is 10.2. The number of benzene rings is 1. The zero-order chi connectivity index (χ0) is 16.7. The Morgan fingerprint density at radius 2 is 2.13 bits per heavy atom. The highest BCUT2D eigenvalue weighted by Crippen LogP contribution is 2.20. The van der Waals surface area contributed by atoms with Crippen LogP contribution in [0.5, 0.6) is 11.5 Å². The van der Waals surface area contributed by atoms with E-state index in [1.807, 2.05) is 24.3 Å². The number of hydrogen-bond donors (Lipinski definition) is 0. The number of amides is 1. The Hall–Kier alpha value is -3.00. The molecule has 1 amide bonds. The molecule has 0 spiro atoms. The zero-order valence-corrected chi connectivity index (χ0v) is 13.2. The lowest BCUT2D eigenvalue weighted by Crippen LogP contribution is -2.27. The normalized spacial score (nSPS) is 9.78. The highest BCUT2D eigenvalue weighted by Gasteiger charge is 2.16. The number of aromatic nitrogens is 1. The summed E-state index contributed by atoms with van der Waals surface area (Å²) >= 11 is 0. The van der Waals surface area contributed by atoms with Crippen molar-refractivity contribution in [1.82, 2.24) is 9.88 Å². The number of rotatable bonds is 6. The number of pyridine rings is 1. The molecule has 0 saturated carbocycles. The standard InChI is InChI=1S/C18H18N2O3/c1-4-11-23-17-8-6-5-7-14(17)13-20(2)18(21)16-12-15(22-3)9-10-19-16/h1,5-10,12H,11,13H2,2-3H3. The Balaban J connectivity index is 2.13. The average molecular weight is 310 g/mol. The van der Waals surface area contributed by atoms with Crippen molar-refractivity contribution in [2.24, 2.45) is 0 Å². The predicted octanol–water partition coefficient (Wildman–Crippen LogP) is 2.37. The van der Waals surface area contributed by atoms with E-state index >= 15 is 0 Å². The highest BCUT2D eigenvalue weighted by atomic mass is 16.5. The molecule has 0 radical (unpaired) electrons. The van der Waals surface area contributed by atoms with Crippen LogP contribution < -0.4 is 9.47 Å². The molecule has 0 bridgehead atoms. The van der Waals surface area contributed by atoms with Crippen molar-refractivity contribution in [3.8, 4) is 23.8 Å². The van der Waals surface area contributed by atoms with E-state index in [1.54, 1.807) is 37.4 Å². The number of hydrogen-bond acceptors (Lipinski definition) is 4. The SMILES string of the molecule is C#CCOc1ccccc1CN(C)C(=O)c1cc(OC)ccn1. The van der Waals surface area contributed by atoms with Gasteiger partial charge in [-0.15, -0.1) is 6.42 Å². The average Bonchev–Trinajstić information content (AvgIpc) is 2.60. The third-order valence-electron chi connectivity index (χ3n) is 3.22. The molecule has 0 N–H and O–H groups in total. The van der Waals surface area contributed by atoms with Gasteiger partial charge in [-0.25, -0.2) is 0 Å². The van der Waals surface area contributed by atoms with Gasteiger partial charge in [-0.05, 0) is 12.1 Å². The number of terminal acetylenes is 1. The van der Waals surface area contributed by atoms with Crippen LogP contribution in [0.1, 0.15) is 16.1 Å². The van der Waals surface area contributed by atoms with Gasteiger partial charge < -0.3 is 14.4 Å². The van der Waals surface area contributed by atoms with Crippen LogP contribution in [0.3, 0.4) is 0 Å². The van der Waals surface area contributed by atoms with Crippen molar-refractivity contribution in [3.63, 3.8) is 0 Å². The van der Waals surface area contributed by atoms with E-state index in [0.717, 1.165) is 5.56 Å². The number of methoxy groups -OCH3 is 1. The Morgan fingerprint density at radius 1 is 1.35 bits per heavy atom. The van der Waals surface area contributed by atoms with E-state index in [2.05, 4.69) is 10.9 Å². The summed E-state index contributed by atoms with van der Waals surface area (Å²) in [4.78, 5) is 18.1. The molecule has 1 heterocycles. The highest BCUT2D eigenvalue weighted by molar-refractivity contribution is 5.92. The van der Waals surface area contributed by atoms with Crippen LogP contribution in [0.2, 0.25) is 0 Å². The minimum Gasteiger partial charge on any atom is -0.497 e. The van der Waals surface area contributed by atoms with Crippen LogP contribution >= 0.6 is 0 Å². The molecular formula is C18H18N2O3. The maximum atomic E-state index is 12.5. The maximum absolute atomic E-state index is 12.5. The van der Waals surface area contributed by atoms with Gasteiger partial charge in [0.2, 0.25) is 0 Å². The van der Waals surface area contributed by atoms with Crippen molar-refractivity contribution in [2.75, 3.05) is 20.8 Å². The molecule has 5 nitrogen and oxygen atoms in total. The van der Waals surface area contributed by atoms with Crippen LogP contribution in [-0.4, -0.2) is 36.6 Å². The number of ether oxygens (including phenoxy) is 2. The summed E-state index contributed by atoms with van der Waals surface area (Å²) in [6.07, 6.45) is 6.77. The number of para-hydroxylation sites is 1. The monoisotopic (exact) mass is 310 g/mol. The molecule has 2 aromatic rings. The summed E-state index contributed by atoms with van der Waals surface area (Å²) < 4.78 is 10.6. The van der Waals surface area contributed by atoms with Crippen molar-refractivity contribution in [2.45, 2.75) is 6.54 Å². The largest absolute Gasteiger partial charge is 0.497 e. The van der Waals surface area contributed by atoms with Gasteiger partial charge in [-0.2, -0.15) is 0 Å². The third-order valence-corrected chi connectivity index (χ3v) is 3.22. The second kappa shape index (κ2) is 7.85. The maximum Gasteiger partial charge on any atom is 0.272 e. The molecular weight excluding hydrogens is 292 g/mol. The molecule has 0 aliphatic heterocycles. The summed E-state index contributed by atoms with van der Waals surface area (Å²) in [5.74, 6) is 3.50. The van der Waals surface area contributed by atoms with Gasteiger partial charge in [0, 0.05) is 31.4 Å². The molecule has 0 saturated heterocycles. The molecule has 0 fully saturated rings. The van der Waals surface area contributed by atoms with Crippen molar-refractivity contribution in [1.29, 1.82) is 0 Å². The second-order valence-corrected chi connectivity index (χ2v) is 4.84. The van der Waals surface area contributed by atoms with Crippen LogP contribution in [0.25, 0.3) is 0 Å². The lowest BCUT2D eigenvalue weighted by molar-refractivity contribution is 0.0778. The molecule has 23 heavy (non-hydrogen) atoms. The van der Waals surface area contributed by atoms with E-state index in [9.17, 15) is 4.79 Å². The molecule has 118 valence electrons. The molecule has 0 aliphatic rings. The fourth-order valence-electron chi connectivity index (χ4n) is 2.07. The van der Waals surface area contributed by atoms with Gasteiger partial charge in [0.1, 0.15) is 23.8 Å². The summed E-state index contributed by atoms with van der Waals surface area (Å²) in [5.41, 5.74) is 1.20. The fourth-order valence-corrected chi connectivity index (χ4v) is 2.07. The smallest absolute Gasteiger partial charge is 0.272 e. The first kappa shape index (κ1) is 16.4. The Morgan fingerprint density at radius 3 is 2.87 bits per heavy atom. The van der Waals surface area contributed by atoms with Gasteiger partial charge in [-0.1, -0.05) is 24.1 Å². The van der Waals surface area contributed by atoms with Gasteiger partial charge in [0.15, 0.2) is 0 Å². The van der Waals surface area contributed by atoms with Gasteiger partial charge >= 0.3 is 0 Å². The van der Waals surface area contributed by atoms with Crippen molar-refractivity contribution >= 4 is 5.91 Å². The minimum absolute atomic E-state index is 0.187. The minimum atomic E-state index is -0.198. The topological polar surface area (TPSA) is 51.7 Å². The molecule has 5 heteroatoms. The Kier molecular flexibility index (Phi) is 5.59. The number of nitrogens with zero attached hydrogens (tertiary/aromatic N) is 2. The number of carbonyl (C=O) groups is 1. The fraction of sp³-hybridized carbons (Fsp3) is 0.222. The van der Waals surface area contributed by atoms with E-state index in [0.29, 0.717) is 23.7 Å². The molecule has 2 rings (SSSR count). The Labute approximate surface area is 135 Å².